The van der Waals surface area contributed by atoms with Crippen LogP contribution < -0.4 is 0 Å². The third-order valence-corrected chi connectivity index (χ3v) is 5.61. The van der Waals surface area contributed by atoms with Crippen LogP contribution in [0.25, 0.3) is 0 Å². The molecule has 2 saturated heterocycles. The van der Waals surface area contributed by atoms with Crippen molar-refractivity contribution in [3.8, 4) is 0 Å². The summed E-state index contributed by atoms with van der Waals surface area (Å²) in [6, 6.07) is 0. The minimum atomic E-state index is -0.0290. The number of hydrogen-bond donors (Lipinski definition) is 0. The minimum Gasteiger partial charge on any atom is -0.379 e. The van der Waals surface area contributed by atoms with E-state index in [2.05, 4.69) is 23.8 Å². The topological polar surface area (TPSA) is 64.5 Å². The van der Waals surface area contributed by atoms with Crippen molar-refractivity contribution >= 4 is 17.5 Å². The summed E-state index contributed by atoms with van der Waals surface area (Å²) in [5, 5.41) is 0.355. The molecule has 1 aromatic rings. The maximum Gasteiger partial charge on any atom is 0.272 e. The molecule has 2 aliphatic heterocycles. The van der Waals surface area contributed by atoms with E-state index in [1.54, 1.807) is 14.0 Å². The van der Waals surface area contributed by atoms with Gasteiger partial charge >= 0.3 is 0 Å². The highest BCUT2D eigenvalue weighted by Crippen LogP contribution is 2.20. The Morgan fingerprint density at radius 1 is 1.27 bits per heavy atom. The van der Waals surface area contributed by atoms with E-state index in [9.17, 15) is 4.79 Å². The first kappa shape index (κ1) is 21.1. The molecule has 7 heteroatoms. The van der Waals surface area contributed by atoms with Gasteiger partial charge in [0.15, 0.2) is 0 Å². The fourth-order valence-electron chi connectivity index (χ4n) is 3.12. The summed E-state index contributed by atoms with van der Waals surface area (Å²) in [7, 11) is 1.75. The third-order valence-electron chi connectivity index (χ3n) is 5.23. The summed E-state index contributed by atoms with van der Waals surface area (Å²) in [6.45, 7) is 9.49. The number of hydrogen-bond acceptors (Lipinski definition) is 5. The number of amides is 1. The van der Waals surface area contributed by atoms with Gasteiger partial charge in [0, 0.05) is 32.4 Å². The SMILES string of the molecule is COC1COCCC1C.Cc1c(Cl)ncnc1C(=O)N1CCC(C)CC1. The van der Waals surface area contributed by atoms with Crippen LogP contribution in [0.4, 0.5) is 0 Å². The summed E-state index contributed by atoms with van der Waals surface area (Å²) in [5.41, 5.74) is 1.09. The van der Waals surface area contributed by atoms with Gasteiger partial charge in [0.05, 0.1) is 12.7 Å². The van der Waals surface area contributed by atoms with Gasteiger partial charge < -0.3 is 14.4 Å². The number of aromatic nitrogens is 2. The van der Waals surface area contributed by atoms with Crippen LogP contribution in [0.2, 0.25) is 5.15 Å². The lowest BCUT2D eigenvalue weighted by atomic mass is 9.99. The normalized spacial score (nSPS) is 24.0. The monoisotopic (exact) mass is 383 g/mol. The Kier molecular flexibility index (Phi) is 8.25. The fourth-order valence-corrected chi connectivity index (χ4v) is 3.26. The molecular weight excluding hydrogens is 354 g/mol. The second-order valence-electron chi connectivity index (χ2n) is 7.23. The van der Waals surface area contributed by atoms with Crippen molar-refractivity contribution in [3.63, 3.8) is 0 Å². The van der Waals surface area contributed by atoms with Gasteiger partial charge in [0.25, 0.3) is 5.91 Å². The van der Waals surface area contributed by atoms with E-state index in [0.717, 1.165) is 45.6 Å². The van der Waals surface area contributed by atoms with E-state index in [1.165, 1.54) is 6.33 Å². The Hall–Kier alpha value is -1.24. The van der Waals surface area contributed by atoms with Crippen LogP contribution in [0.1, 0.15) is 49.2 Å². The molecule has 146 valence electrons. The van der Waals surface area contributed by atoms with Crippen molar-refractivity contribution in [2.75, 3.05) is 33.4 Å². The van der Waals surface area contributed by atoms with Gasteiger partial charge in [0.2, 0.25) is 0 Å². The Labute approximate surface area is 161 Å². The van der Waals surface area contributed by atoms with Crippen molar-refractivity contribution in [3.05, 3.63) is 22.7 Å². The quantitative estimate of drug-likeness (QED) is 0.732. The molecule has 0 aromatic carbocycles. The Balaban J connectivity index is 0.000000228. The number of nitrogens with zero attached hydrogens (tertiary/aromatic N) is 3. The van der Waals surface area contributed by atoms with Crippen LogP contribution in [-0.2, 0) is 9.47 Å². The highest BCUT2D eigenvalue weighted by Gasteiger charge is 2.24. The van der Waals surface area contributed by atoms with E-state index in [-0.39, 0.29) is 5.91 Å². The highest BCUT2D eigenvalue weighted by molar-refractivity contribution is 6.30. The Morgan fingerprint density at radius 2 is 1.96 bits per heavy atom. The number of halogens is 1. The standard InChI is InChI=1S/C12H16ClN3O.C7H14O2/c1-8-3-5-16(6-4-8)12(17)10-9(2)11(13)15-7-14-10;1-6-3-4-9-5-7(6)8-2/h7-8H,3-6H2,1-2H3;6-7H,3-5H2,1-2H3. The van der Waals surface area contributed by atoms with E-state index in [1.807, 2.05) is 4.90 Å². The van der Waals surface area contributed by atoms with Crippen molar-refractivity contribution < 1.29 is 14.3 Å². The molecule has 0 radical (unpaired) electrons. The van der Waals surface area contributed by atoms with Gasteiger partial charge in [-0.1, -0.05) is 25.4 Å². The number of rotatable bonds is 2. The molecule has 1 aromatic heterocycles. The zero-order valence-electron chi connectivity index (χ0n) is 16.2. The number of carbonyl (C=O) groups is 1. The largest absolute Gasteiger partial charge is 0.379 e. The molecule has 0 bridgehead atoms. The number of ether oxygens (including phenoxy) is 2. The molecule has 6 nitrogen and oxygen atoms in total. The molecule has 2 atom stereocenters. The Bertz CT molecular complexity index is 591. The van der Waals surface area contributed by atoms with Gasteiger partial charge in [-0.2, -0.15) is 0 Å². The lowest BCUT2D eigenvalue weighted by Gasteiger charge is -2.30. The predicted octanol–water partition coefficient (Wildman–Crippen LogP) is 3.37. The number of carbonyl (C=O) groups excluding carboxylic acids is 1. The van der Waals surface area contributed by atoms with Crippen LogP contribution in [0.15, 0.2) is 6.33 Å². The molecule has 1 amide bonds. The molecule has 0 spiro atoms. The first-order valence-electron chi connectivity index (χ1n) is 9.31. The molecule has 2 aliphatic rings. The highest BCUT2D eigenvalue weighted by atomic mass is 35.5. The second kappa shape index (κ2) is 10.2. The van der Waals surface area contributed by atoms with Crippen LogP contribution in [0.3, 0.4) is 0 Å². The molecule has 3 rings (SSSR count). The van der Waals surface area contributed by atoms with Gasteiger partial charge in [-0.15, -0.1) is 0 Å². The smallest absolute Gasteiger partial charge is 0.272 e. The molecule has 0 aliphatic carbocycles. The van der Waals surface area contributed by atoms with E-state index in [0.29, 0.717) is 34.4 Å². The van der Waals surface area contributed by atoms with E-state index in [4.69, 9.17) is 21.1 Å². The van der Waals surface area contributed by atoms with Crippen molar-refractivity contribution in [1.29, 1.82) is 0 Å². The predicted molar refractivity (Wildman–Crippen MR) is 101 cm³/mol. The maximum atomic E-state index is 12.3. The van der Waals surface area contributed by atoms with Crippen LogP contribution in [0, 0.1) is 18.8 Å². The number of piperidine rings is 1. The molecule has 26 heavy (non-hydrogen) atoms. The zero-order valence-corrected chi connectivity index (χ0v) is 17.0. The van der Waals surface area contributed by atoms with Gasteiger partial charge in [-0.05, 0) is 38.0 Å². The van der Waals surface area contributed by atoms with Gasteiger partial charge in [-0.25, -0.2) is 9.97 Å². The van der Waals surface area contributed by atoms with Gasteiger partial charge in [-0.3, -0.25) is 4.79 Å². The van der Waals surface area contributed by atoms with E-state index >= 15 is 0 Å². The van der Waals surface area contributed by atoms with Crippen molar-refractivity contribution in [1.82, 2.24) is 14.9 Å². The average Bonchev–Trinajstić information content (AvgIpc) is 2.65. The third kappa shape index (κ3) is 5.63. The molecule has 0 saturated carbocycles. The lowest BCUT2D eigenvalue weighted by Crippen LogP contribution is -2.38. The summed E-state index contributed by atoms with van der Waals surface area (Å²) >= 11 is 5.90. The molecular formula is C19H30ClN3O3. The van der Waals surface area contributed by atoms with Crippen molar-refractivity contribution in [2.24, 2.45) is 11.8 Å². The molecule has 2 unspecified atom stereocenters. The lowest BCUT2D eigenvalue weighted by molar-refractivity contribution is -0.0600. The first-order chi connectivity index (χ1) is 12.4. The molecule has 3 heterocycles. The fraction of sp³-hybridized carbons (Fsp3) is 0.737. The number of likely N-dealkylation sites (tertiary alicyclic amines) is 1. The zero-order chi connectivity index (χ0) is 19.1. The number of methoxy groups -OCH3 is 1. The summed E-state index contributed by atoms with van der Waals surface area (Å²) in [6.07, 6.45) is 4.93. The van der Waals surface area contributed by atoms with E-state index < -0.39 is 0 Å². The molecule has 0 N–H and O–H groups in total. The average molecular weight is 384 g/mol. The first-order valence-corrected chi connectivity index (χ1v) is 9.68. The Morgan fingerprint density at radius 3 is 2.54 bits per heavy atom. The van der Waals surface area contributed by atoms with Crippen LogP contribution in [-0.4, -0.2) is 60.3 Å². The summed E-state index contributed by atoms with van der Waals surface area (Å²) in [5.74, 6) is 1.34. The van der Waals surface area contributed by atoms with Crippen LogP contribution >= 0.6 is 11.6 Å². The second-order valence-corrected chi connectivity index (χ2v) is 7.59. The van der Waals surface area contributed by atoms with Crippen molar-refractivity contribution in [2.45, 2.75) is 46.1 Å². The minimum absolute atomic E-state index is 0.0290. The summed E-state index contributed by atoms with van der Waals surface area (Å²) in [4.78, 5) is 22.0. The summed E-state index contributed by atoms with van der Waals surface area (Å²) < 4.78 is 10.4. The van der Waals surface area contributed by atoms with Crippen LogP contribution in [0.5, 0.6) is 0 Å². The van der Waals surface area contributed by atoms with Gasteiger partial charge in [0.1, 0.15) is 17.2 Å². The maximum absolute atomic E-state index is 12.3. The molecule has 2 fully saturated rings.